The van der Waals surface area contributed by atoms with Crippen molar-refractivity contribution in [2.45, 2.75) is 118 Å². The van der Waals surface area contributed by atoms with Crippen molar-refractivity contribution in [3.63, 3.8) is 0 Å². The molecule has 1 saturated heterocycles. The minimum Gasteiger partial charge on any atom is -0.395 e. The molecule has 280 valence electrons. The Labute approximate surface area is 290 Å². The maximum absolute atomic E-state index is 14.0. The Morgan fingerprint density at radius 1 is 0.918 bits per heavy atom. The Morgan fingerprint density at radius 2 is 1.51 bits per heavy atom. The average Bonchev–Trinajstić information content (AvgIpc) is 3.04. The van der Waals surface area contributed by atoms with Crippen molar-refractivity contribution < 1.29 is 49.0 Å². The third-order valence-electron chi connectivity index (χ3n) is 10.2. The first-order chi connectivity index (χ1) is 22.7. The minimum atomic E-state index is -1.44. The number of amides is 3. The highest BCUT2D eigenvalue weighted by molar-refractivity contribution is 5.85. The summed E-state index contributed by atoms with van der Waals surface area (Å²) < 4.78 is 16.8. The molecule has 1 rings (SSSR count). The highest BCUT2D eigenvalue weighted by atomic mass is 16.7. The van der Waals surface area contributed by atoms with E-state index < -0.39 is 76.3 Å². The summed E-state index contributed by atoms with van der Waals surface area (Å²) in [5.74, 6) is -1.22. The summed E-state index contributed by atoms with van der Waals surface area (Å²) in [5, 5.41) is 57.8. The van der Waals surface area contributed by atoms with Crippen molar-refractivity contribution in [3.05, 3.63) is 11.4 Å². The van der Waals surface area contributed by atoms with Crippen LogP contribution in [0, 0.1) is 39.6 Å². The van der Waals surface area contributed by atoms with Gasteiger partial charge in [-0.1, -0.05) is 20.8 Å². The summed E-state index contributed by atoms with van der Waals surface area (Å²) in [4.78, 5) is 43.0. The molecule has 15 heteroatoms. The fraction of sp³-hybridized carbons (Fsp3) is 0.853. The monoisotopic (exact) mass is 697 g/mol. The van der Waals surface area contributed by atoms with E-state index in [1.807, 2.05) is 20.8 Å². The van der Waals surface area contributed by atoms with Gasteiger partial charge in [0.2, 0.25) is 23.3 Å². The lowest BCUT2D eigenvalue weighted by Crippen LogP contribution is -2.64. The van der Waals surface area contributed by atoms with Crippen LogP contribution in [0.3, 0.4) is 0 Å². The number of hydrogen-bond acceptors (Lipinski definition) is 11. The lowest BCUT2D eigenvalue weighted by atomic mass is 9.51. The molecule has 0 aromatic heterocycles. The lowest BCUT2D eigenvalue weighted by Gasteiger charge is -2.51. The summed E-state index contributed by atoms with van der Waals surface area (Å²) in [7, 11) is 0. The van der Waals surface area contributed by atoms with Gasteiger partial charge in [0, 0.05) is 40.3 Å². The number of nitrogens with zero attached hydrogens (tertiary/aromatic N) is 2. The van der Waals surface area contributed by atoms with E-state index in [0.717, 1.165) is 0 Å². The number of hydrogen-bond donors (Lipinski definition) is 7. The lowest BCUT2D eigenvalue weighted by molar-refractivity contribution is -0.272. The van der Waals surface area contributed by atoms with E-state index in [4.69, 9.17) is 20.8 Å². The SMILES string of the molecule is [C-]#[N+]C(C)(C)CC(C)(C(=O)NCCOCCO[C@@H]1O[C@H](CO)[C@H](O)[C@H](O)[C@H]1NC(C)=O)C(C)(C)CC(C)(C(=O)NCCO)C(C)(C#N)CC. The molecule has 1 fully saturated rings. The van der Waals surface area contributed by atoms with Crippen molar-refractivity contribution in [2.75, 3.05) is 46.1 Å². The second kappa shape index (κ2) is 18.4. The average molecular weight is 698 g/mol. The van der Waals surface area contributed by atoms with Crippen molar-refractivity contribution in [3.8, 4) is 6.07 Å². The highest BCUT2D eigenvalue weighted by Crippen LogP contribution is 2.56. The van der Waals surface area contributed by atoms with Gasteiger partial charge >= 0.3 is 0 Å². The third kappa shape index (κ3) is 10.8. The van der Waals surface area contributed by atoms with Gasteiger partial charge in [-0.3, -0.25) is 14.4 Å². The molecule has 0 radical (unpaired) electrons. The fourth-order valence-corrected chi connectivity index (χ4v) is 6.46. The summed E-state index contributed by atoms with van der Waals surface area (Å²) in [6.07, 6.45) is -4.49. The van der Waals surface area contributed by atoms with E-state index in [-0.39, 0.29) is 58.3 Å². The van der Waals surface area contributed by atoms with Gasteiger partial charge in [0.1, 0.15) is 24.4 Å². The zero-order valence-corrected chi connectivity index (χ0v) is 30.6. The molecular weight excluding hydrogens is 638 g/mol. The van der Waals surface area contributed by atoms with E-state index in [1.165, 1.54) is 6.92 Å². The van der Waals surface area contributed by atoms with E-state index >= 15 is 0 Å². The minimum absolute atomic E-state index is 0.0193. The van der Waals surface area contributed by atoms with Gasteiger partial charge in [-0.15, -0.1) is 0 Å². The second-order valence-electron chi connectivity index (χ2n) is 14.8. The molecule has 49 heavy (non-hydrogen) atoms. The molecule has 0 aromatic rings. The van der Waals surface area contributed by atoms with Gasteiger partial charge < -0.3 is 55.4 Å². The van der Waals surface area contributed by atoms with Gasteiger partial charge in [0.05, 0.1) is 55.3 Å². The number of ether oxygens (including phenoxy) is 3. The zero-order chi connectivity index (χ0) is 37.8. The van der Waals surface area contributed by atoms with E-state index in [9.17, 15) is 40.1 Å². The van der Waals surface area contributed by atoms with Gasteiger partial charge in [-0.2, -0.15) is 5.26 Å². The summed E-state index contributed by atoms with van der Waals surface area (Å²) in [6.45, 7) is 22.7. The molecule has 8 atom stereocenters. The van der Waals surface area contributed by atoms with Crippen molar-refractivity contribution in [1.29, 1.82) is 5.26 Å². The van der Waals surface area contributed by atoms with Gasteiger partial charge in [-0.05, 0) is 39.0 Å². The van der Waals surface area contributed by atoms with Crippen LogP contribution in [-0.2, 0) is 28.6 Å². The Morgan fingerprint density at radius 3 is 2.02 bits per heavy atom. The quantitative estimate of drug-likeness (QED) is 0.0691. The molecule has 3 amide bonds. The Bertz CT molecular complexity index is 1200. The van der Waals surface area contributed by atoms with Crippen LogP contribution in [0.5, 0.6) is 0 Å². The van der Waals surface area contributed by atoms with Gasteiger partial charge in [-0.25, -0.2) is 6.57 Å². The third-order valence-corrected chi connectivity index (χ3v) is 10.2. The van der Waals surface area contributed by atoms with Crippen molar-refractivity contribution in [2.24, 2.45) is 21.7 Å². The summed E-state index contributed by atoms with van der Waals surface area (Å²) in [5.41, 5.74) is -5.38. The van der Waals surface area contributed by atoms with Crippen LogP contribution in [0.15, 0.2) is 0 Å². The molecule has 0 bridgehead atoms. The predicted octanol–water partition coefficient (Wildman–Crippen LogP) is 0.645. The molecule has 0 aromatic carbocycles. The first-order valence-corrected chi connectivity index (χ1v) is 16.7. The molecule has 7 N–H and O–H groups in total. The van der Waals surface area contributed by atoms with Crippen LogP contribution in [0.25, 0.3) is 4.85 Å². The molecule has 1 aliphatic rings. The topological polar surface area (TPSA) is 224 Å². The van der Waals surface area contributed by atoms with Crippen LogP contribution in [0.1, 0.15) is 81.6 Å². The number of carbonyl (C=O) groups excluding carboxylic acids is 3. The standard InChI is InChI=1S/C34H59N5O10/c1-11-32(7,21-35)34(9,29(46)37-12-14-40)19-30(3,4)33(8,20-31(5,6)36-10)28(45)38-13-15-47-16-17-48-27-24(39-22(2)42)26(44)25(43)23(18-41)49-27/h23-27,40-41,43-44H,11-20H2,1-9H3,(H,37,46)(H,38,45)(H,39,42)/t23-,24-,25+,26-,27-,32?,33?,34?/m1/s1. The number of nitriles is 1. The van der Waals surface area contributed by atoms with Gasteiger partial charge in [0.25, 0.3) is 0 Å². The number of aliphatic hydroxyl groups excluding tert-OH is 4. The molecule has 15 nitrogen and oxygen atoms in total. The van der Waals surface area contributed by atoms with E-state index in [0.29, 0.717) is 6.42 Å². The predicted molar refractivity (Wildman–Crippen MR) is 179 cm³/mol. The highest BCUT2D eigenvalue weighted by Gasteiger charge is 2.59. The second-order valence-corrected chi connectivity index (χ2v) is 14.8. The molecule has 1 heterocycles. The Balaban J connectivity index is 3.06. The molecule has 0 aliphatic carbocycles. The van der Waals surface area contributed by atoms with Crippen LogP contribution in [0.4, 0.5) is 0 Å². The molecule has 0 saturated carbocycles. The van der Waals surface area contributed by atoms with Crippen LogP contribution in [0.2, 0.25) is 0 Å². The number of aliphatic hydroxyl groups is 4. The Hall–Kier alpha value is -2.89. The largest absolute Gasteiger partial charge is 0.395 e. The first-order valence-electron chi connectivity index (χ1n) is 16.7. The number of carbonyl (C=O) groups is 3. The molecule has 1 aliphatic heterocycles. The maximum atomic E-state index is 14.0. The fourth-order valence-electron chi connectivity index (χ4n) is 6.46. The van der Waals surface area contributed by atoms with Crippen LogP contribution < -0.4 is 16.0 Å². The smallest absolute Gasteiger partial charge is 0.228 e. The van der Waals surface area contributed by atoms with E-state index in [2.05, 4.69) is 26.9 Å². The zero-order valence-electron chi connectivity index (χ0n) is 30.6. The summed E-state index contributed by atoms with van der Waals surface area (Å²) in [6, 6.07) is 1.25. The molecule has 0 spiro atoms. The van der Waals surface area contributed by atoms with Crippen LogP contribution in [-0.4, -0.2) is 120 Å². The maximum Gasteiger partial charge on any atom is 0.228 e. The summed E-state index contributed by atoms with van der Waals surface area (Å²) >= 11 is 0. The Kier molecular flexibility index (Phi) is 16.6. The first kappa shape index (κ1) is 44.1. The molecular formula is C34H59N5O10. The van der Waals surface area contributed by atoms with E-state index in [1.54, 1.807) is 34.6 Å². The normalized spacial score (nSPS) is 25.0. The van der Waals surface area contributed by atoms with Crippen molar-refractivity contribution >= 4 is 17.7 Å². The van der Waals surface area contributed by atoms with Crippen molar-refractivity contribution in [1.82, 2.24) is 16.0 Å². The molecule has 3 unspecified atom stereocenters. The number of nitrogens with one attached hydrogen (secondary N) is 3. The number of rotatable bonds is 20. The van der Waals surface area contributed by atoms with Gasteiger partial charge in [0.15, 0.2) is 6.29 Å². The van der Waals surface area contributed by atoms with Crippen LogP contribution >= 0.6 is 0 Å².